The van der Waals surface area contributed by atoms with Crippen LogP contribution in [0.25, 0.3) is 10.8 Å². The second-order valence-electron chi connectivity index (χ2n) is 14.5. The van der Waals surface area contributed by atoms with Gasteiger partial charge >= 0.3 is 6.18 Å². The minimum Gasteiger partial charge on any atom is -0.507 e. The number of nitrogens with one attached hydrogen (secondary N) is 1. The number of amides is 4. The zero-order valence-corrected chi connectivity index (χ0v) is 31.3. The van der Waals surface area contributed by atoms with Crippen molar-refractivity contribution >= 4 is 74.8 Å². The predicted molar refractivity (Wildman–Crippen MR) is 202 cm³/mol. The van der Waals surface area contributed by atoms with Crippen molar-refractivity contribution in [3.63, 3.8) is 0 Å². The van der Waals surface area contributed by atoms with Crippen molar-refractivity contribution in [2.45, 2.75) is 36.9 Å². The van der Waals surface area contributed by atoms with Crippen LogP contribution < -0.4 is 5.43 Å². The number of phenolic OH excluding ortho intramolecular Hbond substituents is 1. The maximum absolute atomic E-state index is 15.4. The Hall–Kier alpha value is -5.24. The molecule has 6 atom stereocenters. The molecule has 3 fully saturated rings. The second kappa shape index (κ2) is 13.2. The average Bonchev–Trinajstić information content (AvgIpc) is 3.84. The fraction of sp³-hybridized carbons (Fsp3) is 0.244. The van der Waals surface area contributed by atoms with Gasteiger partial charge in [-0.1, -0.05) is 89.4 Å². The second-order valence-corrected chi connectivity index (χ2v) is 16.4. The van der Waals surface area contributed by atoms with Gasteiger partial charge < -0.3 is 5.11 Å². The van der Waals surface area contributed by atoms with Gasteiger partial charge in [-0.25, -0.2) is 4.98 Å². The van der Waals surface area contributed by atoms with Crippen LogP contribution in [0.4, 0.5) is 19.0 Å². The highest BCUT2D eigenvalue weighted by Crippen LogP contribution is 2.65. The highest BCUT2D eigenvalue weighted by molar-refractivity contribution is 7.09. The number of halogens is 5. The summed E-state index contributed by atoms with van der Waals surface area (Å²) in [4.78, 5) is 64.6. The summed E-state index contributed by atoms with van der Waals surface area (Å²) >= 11 is 14.1. The summed E-state index contributed by atoms with van der Waals surface area (Å²) in [6, 6.07) is 21.4. The Morgan fingerprint density at radius 2 is 1.70 bits per heavy atom. The van der Waals surface area contributed by atoms with Crippen molar-refractivity contribution < 1.29 is 37.5 Å². The van der Waals surface area contributed by atoms with Gasteiger partial charge in [0.05, 0.1) is 40.3 Å². The number of thiophene rings is 1. The highest BCUT2D eigenvalue weighted by atomic mass is 35.5. The summed E-state index contributed by atoms with van der Waals surface area (Å²) in [7, 11) is 0. The molecule has 5 aromatic rings. The van der Waals surface area contributed by atoms with E-state index in [1.807, 2.05) is 35.7 Å². The molecule has 4 aliphatic rings. The Balaban J connectivity index is 1.24. The molecule has 9 nitrogen and oxygen atoms in total. The number of allylic oxidation sites excluding steroid dienone is 2. The first-order valence-corrected chi connectivity index (χ1v) is 19.4. The lowest BCUT2D eigenvalue weighted by Crippen LogP contribution is -2.53. The average molecular weight is 818 g/mol. The third-order valence-electron chi connectivity index (χ3n) is 11.8. The van der Waals surface area contributed by atoms with E-state index in [1.165, 1.54) is 16.2 Å². The number of rotatable bonds is 6. The van der Waals surface area contributed by atoms with Gasteiger partial charge in [0.15, 0.2) is 5.82 Å². The molecule has 4 amide bonds. The fourth-order valence-corrected chi connectivity index (χ4v) is 10.4. The molecular formula is C41H29Cl2F3N4O5S. The van der Waals surface area contributed by atoms with Crippen molar-refractivity contribution in [1.29, 1.82) is 0 Å². The number of aromatic hydroxyl groups is 1. The topological polar surface area (TPSA) is 120 Å². The molecule has 284 valence electrons. The largest absolute Gasteiger partial charge is 0.507 e. The molecule has 2 aromatic heterocycles. The zero-order valence-electron chi connectivity index (χ0n) is 29.0. The van der Waals surface area contributed by atoms with Crippen LogP contribution in [0.1, 0.15) is 40.3 Å². The normalized spacial score (nSPS) is 26.0. The molecule has 1 saturated carbocycles. The number of hydrogen-bond donors (Lipinski definition) is 2. The minimum absolute atomic E-state index is 0.0384. The number of carbonyl (C=O) groups excluding carboxylic acids is 4. The molecule has 9 rings (SSSR count). The van der Waals surface area contributed by atoms with Crippen molar-refractivity contribution in [2.24, 2.45) is 23.7 Å². The number of imide groups is 2. The minimum atomic E-state index is -4.75. The summed E-state index contributed by atoms with van der Waals surface area (Å²) in [5.41, 5.74) is 1.04. The molecule has 2 saturated heterocycles. The van der Waals surface area contributed by atoms with Gasteiger partial charge in [0.1, 0.15) is 5.75 Å². The van der Waals surface area contributed by atoms with Crippen LogP contribution >= 0.6 is 34.5 Å². The molecule has 2 aliphatic carbocycles. The molecule has 15 heteroatoms. The number of hydrazine groups is 1. The molecule has 0 spiro atoms. The standard InChI is InChI=1S/C41H29Cl2F3N4O5S/c42-23-10-8-21(9-11-23)40-30(37(53)50(39(40)55)48-35-31(43)16-22(18-47-35)41(44,45)46)17-29-26(33(40)28-12-7-20-4-1-2-6-25(20)34(28)51)13-14-27-32(29)38(54)49(36(27)52)19-24-5-3-15-56-24/h1-13,15-16,18,27,29-30,32-33,51H,14,17,19H2,(H,47,48)/t27-,29+,30-,32-,33+,40+/m0/s1. The van der Waals surface area contributed by atoms with Crippen molar-refractivity contribution in [2.75, 3.05) is 5.43 Å². The molecule has 0 radical (unpaired) electrons. The lowest BCUT2D eigenvalue weighted by molar-refractivity contribution is -0.142. The summed E-state index contributed by atoms with van der Waals surface area (Å²) in [5, 5.41) is 15.8. The summed E-state index contributed by atoms with van der Waals surface area (Å²) in [5.74, 6) is -7.25. The van der Waals surface area contributed by atoms with E-state index in [1.54, 1.807) is 48.5 Å². The van der Waals surface area contributed by atoms with Gasteiger partial charge in [0, 0.05) is 33.0 Å². The van der Waals surface area contributed by atoms with Crippen molar-refractivity contribution in [3.8, 4) is 5.75 Å². The predicted octanol–water partition coefficient (Wildman–Crippen LogP) is 8.51. The van der Waals surface area contributed by atoms with E-state index in [2.05, 4.69) is 10.4 Å². The molecule has 0 unspecified atom stereocenters. The lowest BCUT2D eigenvalue weighted by Gasteiger charge is -2.50. The Kier molecular flexibility index (Phi) is 8.56. The lowest BCUT2D eigenvalue weighted by atomic mass is 9.49. The van der Waals surface area contributed by atoms with Crippen LogP contribution in [-0.2, 0) is 37.3 Å². The number of aromatic nitrogens is 1. The van der Waals surface area contributed by atoms with E-state index in [9.17, 15) is 32.7 Å². The molecular weight excluding hydrogens is 788 g/mol. The van der Waals surface area contributed by atoms with Crippen LogP contribution in [0, 0.1) is 23.7 Å². The van der Waals surface area contributed by atoms with E-state index in [0.717, 1.165) is 15.3 Å². The van der Waals surface area contributed by atoms with E-state index >= 15 is 4.79 Å². The molecule has 4 heterocycles. The maximum atomic E-state index is 15.4. The van der Waals surface area contributed by atoms with Gasteiger partial charge in [-0.05, 0) is 59.4 Å². The third kappa shape index (κ3) is 5.38. The Labute approximate surface area is 331 Å². The fourth-order valence-electron chi connectivity index (χ4n) is 9.41. The van der Waals surface area contributed by atoms with Gasteiger partial charge in [0.2, 0.25) is 11.8 Å². The zero-order chi connectivity index (χ0) is 39.3. The Bertz CT molecular complexity index is 2510. The number of pyridine rings is 1. The molecule has 2 aliphatic heterocycles. The smallest absolute Gasteiger partial charge is 0.417 e. The first-order valence-electron chi connectivity index (χ1n) is 17.7. The summed E-state index contributed by atoms with van der Waals surface area (Å²) < 4.78 is 40.6. The Morgan fingerprint density at radius 1 is 0.929 bits per heavy atom. The van der Waals surface area contributed by atoms with Crippen molar-refractivity contribution in [1.82, 2.24) is 14.9 Å². The van der Waals surface area contributed by atoms with E-state index in [4.69, 9.17) is 23.2 Å². The number of likely N-dealkylation sites (tertiary alicyclic amines) is 1. The number of fused-ring (bicyclic) bond motifs is 5. The quantitative estimate of drug-likeness (QED) is 0.130. The number of hydrogen-bond acceptors (Lipinski definition) is 8. The van der Waals surface area contributed by atoms with Crippen LogP contribution in [0.5, 0.6) is 5.75 Å². The van der Waals surface area contributed by atoms with Gasteiger partial charge in [-0.3, -0.25) is 29.5 Å². The highest BCUT2D eigenvalue weighted by Gasteiger charge is 2.70. The monoisotopic (exact) mass is 816 g/mol. The van der Waals surface area contributed by atoms with Crippen molar-refractivity contribution in [3.05, 3.63) is 134 Å². The first-order chi connectivity index (χ1) is 26.8. The number of alkyl halides is 3. The third-order valence-corrected chi connectivity index (χ3v) is 13.2. The van der Waals surface area contributed by atoms with E-state index in [-0.39, 0.29) is 42.8 Å². The number of phenols is 1. The Morgan fingerprint density at radius 3 is 2.41 bits per heavy atom. The molecule has 56 heavy (non-hydrogen) atoms. The number of nitrogens with zero attached hydrogens (tertiary/aromatic N) is 3. The maximum Gasteiger partial charge on any atom is 0.417 e. The number of benzene rings is 3. The van der Waals surface area contributed by atoms with Crippen LogP contribution in [0.15, 0.2) is 102 Å². The molecule has 0 bridgehead atoms. The van der Waals surface area contributed by atoms with E-state index < -0.39 is 63.6 Å². The SMILES string of the molecule is O=C1[C@H]2[C@H](CC=C3[C@H]2C[C@H]2C(=O)N(Nc4ncc(C(F)(F)F)cc4Cl)C(=O)[C@@]2(c2ccc(Cl)cc2)[C@H]3c2ccc3ccccc3c2O)C(=O)N1Cc1cccs1. The van der Waals surface area contributed by atoms with Crippen LogP contribution in [-0.4, -0.2) is 43.6 Å². The first kappa shape index (κ1) is 36.4. The number of anilines is 1. The van der Waals surface area contributed by atoms with Gasteiger partial charge in [-0.15, -0.1) is 11.3 Å². The van der Waals surface area contributed by atoms with Crippen LogP contribution in [0.3, 0.4) is 0 Å². The van der Waals surface area contributed by atoms with Crippen LogP contribution in [0.2, 0.25) is 10.0 Å². The molecule has 3 aromatic carbocycles. The van der Waals surface area contributed by atoms with Gasteiger partial charge in [-0.2, -0.15) is 18.2 Å². The summed E-state index contributed by atoms with van der Waals surface area (Å²) in [6.07, 6.45) is -2.19. The van der Waals surface area contributed by atoms with E-state index in [0.29, 0.717) is 39.4 Å². The summed E-state index contributed by atoms with van der Waals surface area (Å²) in [6.45, 7) is 0.105. The molecule has 2 N–H and O–H groups in total. The van der Waals surface area contributed by atoms with Gasteiger partial charge in [0.25, 0.3) is 11.8 Å². The number of carbonyl (C=O) groups is 4.